The first kappa shape index (κ1) is 20.1. The Balaban J connectivity index is 1.16. The summed E-state index contributed by atoms with van der Waals surface area (Å²) in [5, 5.41) is 3.48. The maximum Gasteiger partial charge on any atom is 0.139 e. The summed E-state index contributed by atoms with van der Waals surface area (Å²) in [6.45, 7) is 4.12. The minimum atomic E-state index is 0.493. The van der Waals surface area contributed by atoms with Gasteiger partial charge >= 0.3 is 0 Å². The number of aromatic nitrogens is 2. The molecule has 5 nitrogen and oxygen atoms in total. The molecule has 0 amide bonds. The van der Waals surface area contributed by atoms with Crippen molar-refractivity contribution in [3.05, 3.63) is 48.5 Å². The van der Waals surface area contributed by atoms with Crippen LogP contribution in [-0.4, -0.2) is 42.3 Å². The van der Waals surface area contributed by atoms with Crippen molar-refractivity contribution in [3.8, 4) is 5.75 Å². The molecule has 2 aliphatic heterocycles. The van der Waals surface area contributed by atoms with Gasteiger partial charge < -0.3 is 15.0 Å². The van der Waals surface area contributed by atoms with Crippen LogP contribution >= 0.6 is 0 Å². The van der Waals surface area contributed by atoms with Crippen molar-refractivity contribution >= 4 is 5.69 Å². The average Bonchev–Trinajstić information content (AvgIpc) is 3.30. The Bertz CT molecular complexity index is 725. The highest BCUT2D eigenvalue weighted by atomic mass is 16.5. The van der Waals surface area contributed by atoms with Crippen molar-refractivity contribution < 1.29 is 4.74 Å². The minimum absolute atomic E-state index is 0.493. The smallest absolute Gasteiger partial charge is 0.139 e. The molecule has 2 aromatic heterocycles. The van der Waals surface area contributed by atoms with E-state index < -0.39 is 0 Å². The number of aryl methyl sites for hydroxylation is 1. The second kappa shape index (κ2) is 10.6. The van der Waals surface area contributed by atoms with E-state index in [0.717, 1.165) is 37.9 Å². The average molecular weight is 395 g/mol. The van der Waals surface area contributed by atoms with Crippen molar-refractivity contribution in [3.63, 3.8) is 0 Å². The van der Waals surface area contributed by atoms with E-state index in [-0.39, 0.29) is 0 Å². The van der Waals surface area contributed by atoms with Crippen LogP contribution in [0.1, 0.15) is 50.5 Å². The van der Waals surface area contributed by atoms with E-state index in [4.69, 9.17) is 4.74 Å². The van der Waals surface area contributed by atoms with Crippen LogP contribution < -0.4 is 15.0 Å². The number of hydrogen-bond acceptors (Lipinski definition) is 5. The fourth-order valence-corrected chi connectivity index (χ4v) is 4.55. The number of hydrogen-bond donors (Lipinski definition) is 1. The topological polar surface area (TPSA) is 50.3 Å². The Morgan fingerprint density at radius 2 is 1.90 bits per heavy atom. The fraction of sp³-hybridized carbons (Fsp3) is 0.583. The molecule has 2 aliphatic rings. The Hall–Kier alpha value is -2.14. The molecule has 5 heteroatoms. The molecule has 4 heterocycles. The first-order valence-electron chi connectivity index (χ1n) is 11.3. The molecule has 0 bridgehead atoms. The molecule has 156 valence electrons. The molecular formula is C24H34N4O. The van der Waals surface area contributed by atoms with Crippen molar-refractivity contribution in [2.75, 3.05) is 31.1 Å². The van der Waals surface area contributed by atoms with Gasteiger partial charge in [0.15, 0.2) is 0 Å². The number of unbranched alkanes of at least 4 members (excludes halogenated alkanes) is 1. The van der Waals surface area contributed by atoms with Crippen LogP contribution in [0.25, 0.3) is 0 Å². The minimum Gasteiger partial charge on any atom is -0.490 e. The van der Waals surface area contributed by atoms with Crippen LogP contribution in [0.15, 0.2) is 43.0 Å². The largest absolute Gasteiger partial charge is 0.490 e. The SMILES string of the molecule is c1cc(CCCCC2CCN(c3cncc(OCC4CCCN4)c3)CC2)ccn1. The number of pyridine rings is 2. The highest BCUT2D eigenvalue weighted by molar-refractivity contribution is 5.48. The summed E-state index contributed by atoms with van der Waals surface area (Å²) >= 11 is 0. The monoisotopic (exact) mass is 394 g/mol. The number of nitrogens with zero attached hydrogens (tertiary/aromatic N) is 3. The predicted molar refractivity (Wildman–Crippen MR) is 117 cm³/mol. The van der Waals surface area contributed by atoms with Gasteiger partial charge in [-0.05, 0) is 68.7 Å². The Morgan fingerprint density at radius 3 is 2.69 bits per heavy atom. The molecule has 2 saturated heterocycles. The third kappa shape index (κ3) is 6.17. The van der Waals surface area contributed by atoms with Crippen LogP contribution in [0.3, 0.4) is 0 Å². The molecule has 2 fully saturated rings. The number of anilines is 1. The van der Waals surface area contributed by atoms with E-state index in [2.05, 4.69) is 38.4 Å². The first-order chi connectivity index (χ1) is 14.4. The van der Waals surface area contributed by atoms with E-state index in [9.17, 15) is 0 Å². The predicted octanol–water partition coefficient (Wildman–Crippen LogP) is 4.24. The van der Waals surface area contributed by atoms with Crippen LogP contribution in [0, 0.1) is 5.92 Å². The van der Waals surface area contributed by atoms with Gasteiger partial charge in [-0.1, -0.05) is 12.8 Å². The summed E-state index contributed by atoms with van der Waals surface area (Å²) in [5.41, 5.74) is 2.62. The molecular weight excluding hydrogens is 360 g/mol. The van der Waals surface area contributed by atoms with Gasteiger partial charge in [-0.2, -0.15) is 0 Å². The molecule has 29 heavy (non-hydrogen) atoms. The van der Waals surface area contributed by atoms with Gasteiger partial charge in [-0.3, -0.25) is 9.97 Å². The van der Waals surface area contributed by atoms with Crippen molar-refractivity contribution in [2.45, 2.75) is 57.4 Å². The van der Waals surface area contributed by atoms with Gasteiger partial charge in [0.2, 0.25) is 0 Å². The highest BCUT2D eigenvalue weighted by Crippen LogP contribution is 2.28. The zero-order chi connectivity index (χ0) is 19.7. The summed E-state index contributed by atoms with van der Waals surface area (Å²) in [6.07, 6.45) is 17.8. The van der Waals surface area contributed by atoms with Crippen LogP contribution in [-0.2, 0) is 6.42 Å². The fourth-order valence-electron chi connectivity index (χ4n) is 4.55. The highest BCUT2D eigenvalue weighted by Gasteiger charge is 2.20. The zero-order valence-corrected chi connectivity index (χ0v) is 17.4. The lowest BCUT2D eigenvalue weighted by atomic mass is 9.91. The quantitative estimate of drug-likeness (QED) is 0.645. The first-order valence-corrected chi connectivity index (χ1v) is 11.3. The van der Waals surface area contributed by atoms with Crippen LogP contribution in [0.5, 0.6) is 5.75 Å². The summed E-state index contributed by atoms with van der Waals surface area (Å²) < 4.78 is 5.99. The molecule has 0 radical (unpaired) electrons. The van der Waals surface area contributed by atoms with Gasteiger partial charge in [-0.15, -0.1) is 0 Å². The zero-order valence-electron chi connectivity index (χ0n) is 17.4. The number of rotatable bonds is 9. The summed E-state index contributed by atoms with van der Waals surface area (Å²) in [4.78, 5) is 11.0. The van der Waals surface area contributed by atoms with E-state index in [0.29, 0.717) is 6.04 Å². The lowest BCUT2D eigenvalue weighted by Crippen LogP contribution is -2.33. The lowest BCUT2D eigenvalue weighted by molar-refractivity contribution is 0.276. The second-order valence-electron chi connectivity index (χ2n) is 8.51. The van der Waals surface area contributed by atoms with Gasteiger partial charge in [0.25, 0.3) is 0 Å². The number of nitrogens with one attached hydrogen (secondary N) is 1. The van der Waals surface area contributed by atoms with E-state index in [1.165, 1.54) is 62.6 Å². The standard InChI is InChI=1S/C24H34N4O/c1(4-20-7-12-25-13-8-20)2-5-21-9-14-28(15-10-21)23-16-24(18-26-17-23)29-19-22-6-3-11-27-22/h7-8,12-13,16-18,21-22,27H,1-6,9-11,14-15,19H2. The Kier molecular flexibility index (Phi) is 7.35. The molecule has 1 atom stereocenters. The van der Waals surface area contributed by atoms with Gasteiger partial charge in [0.05, 0.1) is 18.1 Å². The third-order valence-electron chi connectivity index (χ3n) is 6.37. The molecule has 1 unspecified atom stereocenters. The Morgan fingerprint density at radius 1 is 1.03 bits per heavy atom. The molecule has 2 aromatic rings. The van der Waals surface area contributed by atoms with Gasteiger partial charge in [0.1, 0.15) is 12.4 Å². The molecule has 1 N–H and O–H groups in total. The van der Waals surface area contributed by atoms with Crippen LogP contribution in [0.2, 0.25) is 0 Å². The van der Waals surface area contributed by atoms with Crippen molar-refractivity contribution in [1.82, 2.24) is 15.3 Å². The second-order valence-corrected chi connectivity index (χ2v) is 8.51. The third-order valence-corrected chi connectivity index (χ3v) is 6.37. The molecule has 0 aliphatic carbocycles. The van der Waals surface area contributed by atoms with E-state index >= 15 is 0 Å². The normalized spacial score (nSPS) is 20.1. The molecule has 4 rings (SSSR count). The lowest BCUT2D eigenvalue weighted by Gasteiger charge is -2.33. The van der Waals surface area contributed by atoms with Gasteiger partial charge in [-0.25, -0.2) is 0 Å². The summed E-state index contributed by atoms with van der Waals surface area (Å²) in [6, 6.07) is 6.92. The van der Waals surface area contributed by atoms with Crippen LogP contribution in [0.4, 0.5) is 5.69 Å². The Labute approximate surface area is 174 Å². The molecule has 0 spiro atoms. The molecule has 0 aromatic carbocycles. The summed E-state index contributed by atoms with van der Waals surface area (Å²) in [5.74, 6) is 1.76. The van der Waals surface area contributed by atoms with Crippen molar-refractivity contribution in [2.24, 2.45) is 5.92 Å². The summed E-state index contributed by atoms with van der Waals surface area (Å²) in [7, 11) is 0. The van der Waals surface area contributed by atoms with E-state index in [1.54, 1.807) is 0 Å². The van der Waals surface area contributed by atoms with Crippen molar-refractivity contribution in [1.29, 1.82) is 0 Å². The number of ether oxygens (including phenoxy) is 1. The van der Waals surface area contributed by atoms with E-state index in [1.807, 2.05) is 24.8 Å². The maximum atomic E-state index is 5.99. The van der Waals surface area contributed by atoms with Gasteiger partial charge in [0, 0.05) is 37.6 Å². The molecule has 0 saturated carbocycles. The number of piperidine rings is 1. The maximum absolute atomic E-state index is 5.99.